The highest BCUT2D eigenvalue weighted by Gasteiger charge is 2.21. The Labute approximate surface area is 91.3 Å². The van der Waals surface area contributed by atoms with E-state index in [1.807, 2.05) is 0 Å². The fraction of sp³-hybridized carbons (Fsp3) is 1.00. The summed E-state index contributed by atoms with van der Waals surface area (Å²) in [5.41, 5.74) is 0. The Hall–Kier alpha value is 0.170. The minimum absolute atomic E-state index is 0.340. The van der Waals surface area contributed by atoms with Crippen molar-refractivity contribution in [1.29, 1.82) is 0 Å². The third-order valence-electron chi connectivity index (χ3n) is 2.27. The maximum atomic E-state index is 5.64. The van der Waals surface area contributed by atoms with Gasteiger partial charge < -0.3 is 9.47 Å². The van der Waals surface area contributed by atoms with Crippen LogP contribution >= 0.6 is 11.6 Å². The average Bonchev–Trinajstić information content (AvgIpc) is 2.11. The van der Waals surface area contributed by atoms with E-state index in [9.17, 15) is 0 Å². The molecule has 0 radical (unpaired) electrons. The number of alkyl halides is 1. The Morgan fingerprint density at radius 3 is 2.50 bits per heavy atom. The molecule has 84 valence electrons. The van der Waals surface area contributed by atoms with Gasteiger partial charge in [-0.05, 0) is 13.8 Å². The summed E-state index contributed by atoms with van der Waals surface area (Å²) in [5, 5.41) is 0. The zero-order chi connectivity index (χ0) is 10.4. The molecule has 2 atom stereocenters. The van der Waals surface area contributed by atoms with E-state index >= 15 is 0 Å². The summed E-state index contributed by atoms with van der Waals surface area (Å²) in [6, 6.07) is 0. The topological polar surface area (TPSA) is 21.7 Å². The van der Waals surface area contributed by atoms with Crippen LogP contribution in [0.3, 0.4) is 0 Å². The quantitative estimate of drug-likeness (QED) is 0.517. The fourth-order valence-electron chi connectivity index (χ4n) is 1.82. The number of hydrogen-bond donors (Lipinski definition) is 0. The van der Waals surface area contributed by atoms with Gasteiger partial charge >= 0.3 is 0 Å². The SMILES string of the molecule is CC1CN(CCOCCCl)CC(C)O1. The van der Waals surface area contributed by atoms with Crippen LogP contribution in [0.15, 0.2) is 0 Å². The lowest BCUT2D eigenvalue weighted by Gasteiger charge is -2.35. The van der Waals surface area contributed by atoms with Crippen molar-refractivity contribution in [2.75, 3.05) is 38.7 Å². The van der Waals surface area contributed by atoms with Crippen molar-refractivity contribution in [2.24, 2.45) is 0 Å². The first-order valence-corrected chi connectivity index (χ1v) is 5.77. The number of ether oxygens (including phenoxy) is 2. The minimum atomic E-state index is 0.340. The zero-order valence-electron chi connectivity index (χ0n) is 9.04. The summed E-state index contributed by atoms with van der Waals surface area (Å²) in [4.78, 5) is 2.38. The summed E-state index contributed by atoms with van der Waals surface area (Å²) in [7, 11) is 0. The van der Waals surface area contributed by atoms with Crippen LogP contribution in [-0.4, -0.2) is 55.8 Å². The molecule has 0 saturated carbocycles. The molecule has 1 fully saturated rings. The first-order chi connectivity index (χ1) is 6.72. The molecule has 3 nitrogen and oxygen atoms in total. The van der Waals surface area contributed by atoms with Crippen molar-refractivity contribution >= 4 is 11.6 Å². The van der Waals surface area contributed by atoms with E-state index in [1.165, 1.54) is 0 Å². The van der Waals surface area contributed by atoms with Gasteiger partial charge in [-0.1, -0.05) is 0 Å². The lowest BCUT2D eigenvalue weighted by Crippen LogP contribution is -2.46. The van der Waals surface area contributed by atoms with Crippen molar-refractivity contribution in [3.8, 4) is 0 Å². The van der Waals surface area contributed by atoms with Gasteiger partial charge in [0.15, 0.2) is 0 Å². The van der Waals surface area contributed by atoms with Crippen LogP contribution in [0.25, 0.3) is 0 Å². The van der Waals surface area contributed by atoms with Gasteiger partial charge in [-0.2, -0.15) is 0 Å². The van der Waals surface area contributed by atoms with Gasteiger partial charge in [0, 0.05) is 25.5 Å². The monoisotopic (exact) mass is 221 g/mol. The molecule has 1 aliphatic rings. The van der Waals surface area contributed by atoms with E-state index in [2.05, 4.69) is 18.7 Å². The summed E-state index contributed by atoms with van der Waals surface area (Å²) < 4.78 is 11.0. The van der Waals surface area contributed by atoms with Crippen molar-refractivity contribution in [3.63, 3.8) is 0 Å². The first kappa shape index (κ1) is 12.2. The Bertz CT molecular complexity index is 147. The summed E-state index contributed by atoms with van der Waals surface area (Å²) >= 11 is 5.51. The Balaban J connectivity index is 2.10. The maximum absolute atomic E-state index is 5.64. The van der Waals surface area contributed by atoms with Gasteiger partial charge in [-0.25, -0.2) is 0 Å². The van der Waals surface area contributed by atoms with Crippen LogP contribution in [0.4, 0.5) is 0 Å². The minimum Gasteiger partial charge on any atom is -0.379 e. The molecule has 14 heavy (non-hydrogen) atoms. The molecule has 4 heteroatoms. The van der Waals surface area contributed by atoms with Crippen molar-refractivity contribution < 1.29 is 9.47 Å². The zero-order valence-corrected chi connectivity index (χ0v) is 9.79. The third kappa shape index (κ3) is 4.60. The van der Waals surface area contributed by atoms with Crippen LogP contribution in [0.5, 0.6) is 0 Å². The number of morpholine rings is 1. The normalized spacial score (nSPS) is 29.4. The second-order valence-corrected chi connectivity index (χ2v) is 4.20. The molecule has 0 amide bonds. The molecule has 0 aromatic heterocycles. The molecular weight excluding hydrogens is 202 g/mol. The highest BCUT2D eigenvalue weighted by Crippen LogP contribution is 2.09. The van der Waals surface area contributed by atoms with Crippen LogP contribution < -0.4 is 0 Å². The van der Waals surface area contributed by atoms with E-state index in [4.69, 9.17) is 21.1 Å². The van der Waals surface area contributed by atoms with Gasteiger partial charge in [-0.15, -0.1) is 11.6 Å². The molecule has 0 aromatic rings. The van der Waals surface area contributed by atoms with Gasteiger partial charge in [0.2, 0.25) is 0 Å². The molecule has 1 rings (SSSR count). The van der Waals surface area contributed by atoms with Crippen molar-refractivity contribution in [3.05, 3.63) is 0 Å². The second kappa shape index (κ2) is 6.62. The van der Waals surface area contributed by atoms with Crippen LogP contribution in [0, 0.1) is 0 Å². The number of rotatable bonds is 5. The molecule has 0 bridgehead atoms. The largest absolute Gasteiger partial charge is 0.379 e. The molecule has 1 aliphatic heterocycles. The van der Waals surface area contributed by atoms with Gasteiger partial charge in [-0.3, -0.25) is 4.90 Å². The molecule has 1 heterocycles. The Kier molecular flexibility index (Phi) is 5.78. The van der Waals surface area contributed by atoms with E-state index in [0.717, 1.165) is 26.2 Å². The molecule has 0 spiro atoms. The van der Waals surface area contributed by atoms with Gasteiger partial charge in [0.25, 0.3) is 0 Å². The molecule has 0 aromatic carbocycles. The highest BCUT2D eigenvalue weighted by molar-refractivity contribution is 6.17. The third-order valence-corrected chi connectivity index (χ3v) is 2.42. The van der Waals surface area contributed by atoms with E-state index in [-0.39, 0.29) is 0 Å². The van der Waals surface area contributed by atoms with E-state index in [1.54, 1.807) is 0 Å². The molecule has 2 unspecified atom stereocenters. The van der Waals surface area contributed by atoms with Gasteiger partial charge in [0.05, 0.1) is 25.4 Å². The number of nitrogens with zero attached hydrogens (tertiary/aromatic N) is 1. The first-order valence-electron chi connectivity index (χ1n) is 5.24. The standard InChI is InChI=1S/C10H20ClNO2/c1-9-7-12(8-10(2)14-9)4-6-13-5-3-11/h9-10H,3-8H2,1-2H3. The second-order valence-electron chi connectivity index (χ2n) is 3.82. The molecule has 1 saturated heterocycles. The van der Waals surface area contributed by atoms with Crippen LogP contribution in [0.1, 0.15) is 13.8 Å². The number of halogens is 1. The molecule has 0 aliphatic carbocycles. The Morgan fingerprint density at radius 2 is 1.93 bits per heavy atom. The van der Waals surface area contributed by atoms with E-state index in [0.29, 0.717) is 24.7 Å². The number of hydrogen-bond acceptors (Lipinski definition) is 3. The van der Waals surface area contributed by atoms with Crippen molar-refractivity contribution in [1.82, 2.24) is 4.90 Å². The van der Waals surface area contributed by atoms with Crippen LogP contribution in [-0.2, 0) is 9.47 Å². The fourth-order valence-corrected chi connectivity index (χ4v) is 1.93. The van der Waals surface area contributed by atoms with Crippen LogP contribution in [0.2, 0.25) is 0 Å². The summed E-state index contributed by atoms with van der Waals surface area (Å²) in [6.07, 6.45) is 0.679. The molecular formula is C10H20ClNO2. The Morgan fingerprint density at radius 1 is 1.29 bits per heavy atom. The summed E-state index contributed by atoms with van der Waals surface area (Å²) in [5.74, 6) is 0.579. The molecule has 0 N–H and O–H groups in total. The van der Waals surface area contributed by atoms with Crippen molar-refractivity contribution in [2.45, 2.75) is 26.1 Å². The predicted octanol–water partition coefficient (Wildman–Crippen LogP) is 1.35. The lowest BCUT2D eigenvalue weighted by atomic mass is 10.2. The average molecular weight is 222 g/mol. The predicted molar refractivity (Wildman–Crippen MR) is 58.0 cm³/mol. The summed E-state index contributed by atoms with van der Waals surface area (Å²) in [6.45, 7) is 8.64. The maximum Gasteiger partial charge on any atom is 0.0678 e. The van der Waals surface area contributed by atoms with Gasteiger partial charge in [0.1, 0.15) is 0 Å². The van der Waals surface area contributed by atoms with E-state index < -0.39 is 0 Å². The highest BCUT2D eigenvalue weighted by atomic mass is 35.5. The smallest absolute Gasteiger partial charge is 0.0678 e. The lowest BCUT2D eigenvalue weighted by molar-refractivity contribution is -0.0726.